The molecule has 7 unspecified atom stereocenters. The van der Waals surface area contributed by atoms with Crippen LogP contribution in [0.4, 0.5) is 5.69 Å². The highest BCUT2D eigenvalue weighted by Crippen LogP contribution is 2.47. The van der Waals surface area contributed by atoms with Gasteiger partial charge in [0.25, 0.3) is 5.91 Å². The Labute approximate surface area is 316 Å². The van der Waals surface area contributed by atoms with Crippen LogP contribution in [0.5, 0.6) is 5.75 Å². The summed E-state index contributed by atoms with van der Waals surface area (Å²) in [5, 5.41) is 0.504. The van der Waals surface area contributed by atoms with Gasteiger partial charge in [-0.2, -0.15) is 0 Å². The molecule has 1 N–H and O–H groups in total. The molecular formula is C41H52ClN5O4S. The lowest BCUT2D eigenvalue weighted by molar-refractivity contribution is -0.0931. The van der Waals surface area contributed by atoms with Gasteiger partial charge in [0.1, 0.15) is 28.7 Å². The Morgan fingerprint density at radius 2 is 2.02 bits per heavy atom. The molecule has 1 aromatic heterocycles. The Balaban J connectivity index is 1.26. The highest BCUT2D eigenvalue weighted by atomic mass is 35.5. The second kappa shape index (κ2) is 16.0. The van der Waals surface area contributed by atoms with Crippen LogP contribution < -0.4 is 14.4 Å². The van der Waals surface area contributed by atoms with Gasteiger partial charge in [0.2, 0.25) is 0 Å². The van der Waals surface area contributed by atoms with Gasteiger partial charge < -0.3 is 14.4 Å². The number of halogens is 1. The van der Waals surface area contributed by atoms with Gasteiger partial charge in [-0.15, -0.1) is 0 Å². The molecule has 278 valence electrons. The average molecular weight is 746 g/mol. The maximum atomic E-state index is 13.6. The SMILES string of the molecule is CCCc1cc(Cl)ccc1C1COc2ccc3cc2N(C1)CC1CCC1C(CN1CCc2ncncc2C1)(OC)/C=C/CC(C)C(C)S(=O)NC3=O. The fourth-order valence-corrected chi connectivity index (χ4v) is 9.90. The standard InChI is InChI=1S/C41H52ClN5O4S/c1-5-7-29-18-34(42)11-12-35(29)33-23-47-22-31-9-13-36(31)41(50-4,25-46-17-15-37-32(21-46)20-43-26-44-37)16-6-8-27(2)28(3)52(49)45-40(48)30-10-14-39(51-24-33)38(47)19-30/h6,10-12,14,16,18-20,26-28,31,33,36H,5,7-9,13,15,17,21-25H2,1-4H3,(H,45,48)/b16-6+. The minimum absolute atomic E-state index is 0.0781. The van der Waals surface area contributed by atoms with E-state index in [9.17, 15) is 9.00 Å². The summed E-state index contributed by atoms with van der Waals surface area (Å²) in [4.78, 5) is 27.4. The number of amides is 1. The van der Waals surface area contributed by atoms with Crippen LogP contribution in [0.15, 0.2) is 61.1 Å². The van der Waals surface area contributed by atoms with Crippen LogP contribution in [0.1, 0.15) is 85.1 Å². The Morgan fingerprint density at radius 3 is 2.81 bits per heavy atom. The molecule has 2 bridgehead atoms. The van der Waals surface area contributed by atoms with Gasteiger partial charge in [-0.05, 0) is 91.8 Å². The summed E-state index contributed by atoms with van der Waals surface area (Å²) >= 11 is 6.50. The summed E-state index contributed by atoms with van der Waals surface area (Å²) in [6.45, 7) is 10.8. The minimum Gasteiger partial charge on any atom is -0.491 e. The predicted octanol–water partition coefficient (Wildman–Crippen LogP) is 6.91. The van der Waals surface area contributed by atoms with E-state index in [4.69, 9.17) is 21.1 Å². The second-order valence-electron chi connectivity index (χ2n) is 15.3. The van der Waals surface area contributed by atoms with E-state index in [-0.39, 0.29) is 28.9 Å². The number of hydrogen-bond acceptors (Lipinski definition) is 8. The zero-order valence-corrected chi connectivity index (χ0v) is 32.4. The summed E-state index contributed by atoms with van der Waals surface area (Å²) in [5.74, 6) is 1.24. The topological polar surface area (TPSA) is 96.9 Å². The van der Waals surface area contributed by atoms with Crippen LogP contribution in [0.3, 0.4) is 0 Å². The van der Waals surface area contributed by atoms with Crippen LogP contribution in [0, 0.1) is 17.8 Å². The van der Waals surface area contributed by atoms with E-state index in [0.717, 1.165) is 93.4 Å². The van der Waals surface area contributed by atoms with E-state index in [2.05, 4.69) is 62.6 Å². The zero-order chi connectivity index (χ0) is 36.4. The van der Waals surface area contributed by atoms with Crippen molar-refractivity contribution in [2.75, 3.05) is 44.8 Å². The molecule has 1 fully saturated rings. The van der Waals surface area contributed by atoms with E-state index < -0.39 is 16.6 Å². The molecule has 3 aromatic rings. The third-order valence-corrected chi connectivity index (χ3v) is 13.8. The number of hydrogen-bond donors (Lipinski definition) is 1. The number of methoxy groups -OCH3 is 1. The third kappa shape index (κ3) is 7.68. The lowest BCUT2D eigenvalue weighted by Crippen LogP contribution is -2.56. The molecule has 0 radical (unpaired) electrons. The summed E-state index contributed by atoms with van der Waals surface area (Å²) in [6, 6.07) is 11.9. The number of fused-ring (bicyclic) bond motifs is 3. The van der Waals surface area contributed by atoms with Crippen molar-refractivity contribution in [2.45, 2.75) is 82.6 Å². The van der Waals surface area contributed by atoms with Crippen LogP contribution in [-0.4, -0.2) is 75.7 Å². The van der Waals surface area contributed by atoms with Crippen molar-refractivity contribution in [1.29, 1.82) is 0 Å². The van der Waals surface area contributed by atoms with Crippen molar-refractivity contribution in [3.63, 3.8) is 0 Å². The fourth-order valence-electron chi connectivity index (χ4n) is 8.68. The molecule has 4 aliphatic rings. The van der Waals surface area contributed by atoms with Crippen molar-refractivity contribution in [2.24, 2.45) is 17.8 Å². The number of allylic oxidation sites excluding steroid dienone is 1. The molecular weight excluding hydrogens is 694 g/mol. The maximum absolute atomic E-state index is 13.6. The Hall–Kier alpha value is -3.31. The van der Waals surface area contributed by atoms with Crippen molar-refractivity contribution >= 4 is 34.2 Å². The number of aromatic nitrogens is 2. The molecule has 0 saturated heterocycles. The lowest BCUT2D eigenvalue weighted by atomic mass is 9.63. The molecule has 9 nitrogen and oxygen atoms in total. The number of rotatable bonds is 6. The average Bonchev–Trinajstić information content (AvgIpc) is 3.31. The quantitative estimate of drug-likeness (QED) is 0.272. The molecule has 7 atom stereocenters. The Bertz CT molecular complexity index is 1820. The van der Waals surface area contributed by atoms with Gasteiger partial charge in [0.05, 0.1) is 17.5 Å². The molecule has 1 aliphatic carbocycles. The number of carbonyl (C=O) groups excluding carboxylic acids is 1. The molecule has 52 heavy (non-hydrogen) atoms. The first-order chi connectivity index (χ1) is 25.2. The second-order valence-corrected chi connectivity index (χ2v) is 17.3. The van der Waals surface area contributed by atoms with E-state index in [1.54, 1.807) is 12.4 Å². The van der Waals surface area contributed by atoms with E-state index in [1.807, 2.05) is 38.4 Å². The molecule has 2 aromatic carbocycles. The van der Waals surface area contributed by atoms with Gasteiger partial charge in [0.15, 0.2) is 0 Å². The molecule has 4 heterocycles. The largest absolute Gasteiger partial charge is 0.491 e. The van der Waals surface area contributed by atoms with Gasteiger partial charge in [0, 0.05) is 80.2 Å². The summed E-state index contributed by atoms with van der Waals surface area (Å²) in [7, 11) is 0.304. The molecule has 1 amide bonds. The highest BCUT2D eigenvalue weighted by molar-refractivity contribution is 7.84. The maximum Gasteiger partial charge on any atom is 0.263 e. The number of benzene rings is 2. The first-order valence-corrected chi connectivity index (χ1v) is 20.5. The molecule has 7 rings (SSSR count). The number of nitrogens with zero attached hydrogens (tertiary/aromatic N) is 4. The van der Waals surface area contributed by atoms with E-state index in [0.29, 0.717) is 18.1 Å². The van der Waals surface area contributed by atoms with Crippen LogP contribution in [-0.2, 0) is 35.1 Å². The monoisotopic (exact) mass is 745 g/mol. The number of anilines is 1. The third-order valence-electron chi connectivity index (χ3n) is 12.0. The molecule has 0 spiro atoms. The van der Waals surface area contributed by atoms with Crippen LogP contribution in [0.25, 0.3) is 0 Å². The van der Waals surface area contributed by atoms with Crippen molar-refractivity contribution in [3.05, 3.63) is 94.0 Å². The van der Waals surface area contributed by atoms with Gasteiger partial charge in [-0.1, -0.05) is 50.1 Å². The van der Waals surface area contributed by atoms with Gasteiger partial charge in [-0.3, -0.25) is 14.4 Å². The zero-order valence-electron chi connectivity index (χ0n) is 30.9. The number of aryl methyl sites for hydroxylation is 1. The van der Waals surface area contributed by atoms with Crippen LogP contribution >= 0.6 is 11.6 Å². The van der Waals surface area contributed by atoms with Crippen molar-refractivity contribution in [3.8, 4) is 5.75 Å². The Morgan fingerprint density at radius 1 is 1.15 bits per heavy atom. The minimum atomic E-state index is -1.56. The first kappa shape index (κ1) is 37.0. The highest BCUT2D eigenvalue weighted by Gasteiger charge is 2.48. The summed E-state index contributed by atoms with van der Waals surface area (Å²) < 4.78 is 29.6. The molecule has 3 aliphatic heterocycles. The molecule has 1 saturated carbocycles. The number of carbonyl (C=O) groups is 1. The Kier molecular flexibility index (Phi) is 11.4. The number of ether oxygens (including phenoxy) is 2. The van der Waals surface area contributed by atoms with Crippen LogP contribution in [0.2, 0.25) is 5.02 Å². The summed E-state index contributed by atoms with van der Waals surface area (Å²) in [6.07, 6.45) is 13.9. The van der Waals surface area contributed by atoms with Crippen molar-refractivity contribution < 1.29 is 18.5 Å². The number of nitrogens with one attached hydrogen (secondary N) is 1. The smallest absolute Gasteiger partial charge is 0.263 e. The van der Waals surface area contributed by atoms with E-state index in [1.165, 1.54) is 16.7 Å². The normalized spacial score (nSPS) is 30.2. The van der Waals surface area contributed by atoms with Gasteiger partial charge >= 0.3 is 0 Å². The predicted molar refractivity (Wildman–Crippen MR) is 207 cm³/mol. The summed E-state index contributed by atoms with van der Waals surface area (Å²) in [5.41, 5.74) is 5.70. The van der Waals surface area contributed by atoms with Gasteiger partial charge in [-0.25, -0.2) is 14.2 Å². The van der Waals surface area contributed by atoms with Crippen molar-refractivity contribution in [1.82, 2.24) is 19.6 Å². The first-order valence-electron chi connectivity index (χ1n) is 18.9. The van der Waals surface area contributed by atoms with E-state index >= 15 is 0 Å². The molecule has 11 heteroatoms. The fraction of sp³-hybridized carbons (Fsp3) is 0.537. The lowest BCUT2D eigenvalue weighted by Gasteiger charge is -2.51.